The quantitative estimate of drug-likeness (QED) is 0.526. The lowest BCUT2D eigenvalue weighted by Gasteiger charge is -2.40. The van der Waals surface area contributed by atoms with Gasteiger partial charge in [-0.1, -0.05) is 83.6 Å². The van der Waals surface area contributed by atoms with Gasteiger partial charge in [-0.05, 0) is 39.7 Å². The summed E-state index contributed by atoms with van der Waals surface area (Å²) in [6.07, 6.45) is 0. The lowest BCUT2D eigenvalue weighted by Crippen LogP contribution is -2.27. The molecule has 2 aromatic carbocycles. The highest BCUT2D eigenvalue weighted by Gasteiger charge is 2.37. The first-order chi connectivity index (χ1) is 10.2. The van der Waals surface area contributed by atoms with E-state index in [1.54, 1.807) is 5.56 Å². The molecule has 0 fully saturated rings. The molecule has 1 aliphatic rings. The molecule has 0 N–H and O–H groups in total. The molecule has 116 valence electrons. The normalized spacial score (nSPS) is 17.8. The molecule has 0 nitrogen and oxygen atoms in total. The minimum absolute atomic E-state index is 0.168. The SMILES string of the molecule is CC(C)(C)c1cccc2c1C(C(C)(C)C)c1ccccc1S2. The summed E-state index contributed by atoms with van der Waals surface area (Å²) in [6, 6.07) is 15.8. The summed E-state index contributed by atoms with van der Waals surface area (Å²) in [6.45, 7) is 14.1. The fraction of sp³-hybridized carbons (Fsp3) is 0.429. The minimum atomic E-state index is 0.168. The predicted octanol–water partition coefficient (Wildman–Crippen LogP) is 6.63. The summed E-state index contributed by atoms with van der Waals surface area (Å²) in [5, 5.41) is 0. The molecule has 1 heterocycles. The van der Waals surface area contributed by atoms with Gasteiger partial charge in [0.1, 0.15) is 0 Å². The van der Waals surface area contributed by atoms with Crippen molar-refractivity contribution in [3.8, 4) is 0 Å². The lowest BCUT2D eigenvalue weighted by atomic mass is 9.68. The maximum Gasteiger partial charge on any atom is 0.0163 e. The van der Waals surface area contributed by atoms with Crippen molar-refractivity contribution in [2.45, 2.75) is 62.7 Å². The van der Waals surface area contributed by atoms with Crippen LogP contribution in [0.5, 0.6) is 0 Å². The molecule has 0 bridgehead atoms. The zero-order valence-corrected chi connectivity index (χ0v) is 15.3. The van der Waals surface area contributed by atoms with Gasteiger partial charge in [-0.2, -0.15) is 0 Å². The molecule has 0 radical (unpaired) electrons. The molecular weight excluding hydrogens is 284 g/mol. The Balaban J connectivity index is 2.32. The molecule has 1 atom stereocenters. The van der Waals surface area contributed by atoms with Crippen LogP contribution in [0.25, 0.3) is 0 Å². The molecule has 22 heavy (non-hydrogen) atoms. The Kier molecular flexibility index (Phi) is 3.68. The van der Waals surface area contributed by atoms with E-state index in [4.69, 9.17) is 0 Å². The Morgan fingerprint density at radius 2 is 1.41 bits per heavy atom. The number of fused-ring (bicyclic) bond motifs is 2. The predicted molar refractivity (Wildman–Crippen MR) is 97.0 cm³/mol. The zero-order chi connectivity index (χ0) is 16.1. The van der Waals surface area contributed by atoms with E-state index < -0.39 is 0 Å². The number of hydrogen-bond donors (Lipinski definition) is 0. The van der Waals surface area contributed by atoms with Crippen molar-refractivity contribution in [2.24, 2.45) is 5.41 Å². The summed E-state index contributed by atoms with van der Waals surface area (Å²) >= 11 is 1.93. The van der Waals surface area contributed by atoms with Crippen molar-refractivity contribution in [1.29, 1.82) is 0 Å². The number of rotatable bonds is 0. The molecular formula is C21H26S. The Morgan fingerprint density at radius 3 is 2.05 bits per heavy atom. The van der Waals surface area contributed by atoms with Crippen LogP contribution >= 0.6 is 11.8 Å². The van der Waals surface area contributed by atoms with Gasteiger partial charge in [-0.3, -0.25) is 0 Å². The van der Waals surface area contributed by atoms with Gasteiger partial charge in [-0.25, -0.2) is 0 Å². The van der Waals surface area contributed by atoms with E-state index in [9.17, 15) is 0 Å². The first-order valence-electron chi connectivity index (χ1n) is 8.10. The van der Waals surface area contributed by atoms with E-state index in [1.807, 2.05) is 11.8 Å². The van der Waals surface area contributed by atoms with E-state index >= 15 is 0 Å². The minimum Gasteiger partial charge on any atom is -0.0895 e. The van der Waals surface area contributed by atoms with Crippen molar-refractivity contribution in [1.82, 2.24) is 0 Å². The van der Waals surface area contributed by atoms with Crippen LogP contribution < -0.4 is 0 Å². The van der Waals surface area contributed by atoms with Gasteiger partial charge in [0.2, 0.25) is 0 Å². The smallest absolute Gasteiger partial charge is 0.0163 e. The van der Waals surface area contributed by atoms with Crippen molar-refractivity contribution in [3.63, 3.8) is 0 Å². The van der Waals surface area contributed by atoms with Gasteiger partial charge in [0.25, 0.3) is 0 Å². The summed E-state index contributed by atoms with van der Waals surface area (Å²) < 4.78 is 0. The average molecular weight is 311 g/mol. The largest absolute Gasteiger partial charge is 0.0895 e. The molecule has 0 saturated carbocycles. The molecule has 1 aliphatic heterocycles. The van der Waals surface area contributed by atoms with E-state index in [2.05, 4.69) is 84.0 Å². The summed E-state index contributed by atoms with van der Waals surface area (Å²) in [5.74, 6) is 0.454. The maximum atomic E-state index is 2.37. The first-order valence-corrected chi connectivity index (χ1v) is 8.91. The van der Waals surface area contributed by atoms with Gasteiger partial charge in [-0.15, -0.1) is 0 Å². The second kappa shape index (κ2) is 5.16. The third kappa shape index (κ3) is 2.60. The molecule has 0 amide bonds. The zero-order valence-electron chi connectivity index (χ0n) is 14.5. The Hall–Kier alpha value is -1.21. The van der Waals surface area contributed by atoms with Crippen LogP contribution in [-0.4, -0.2) is 0 Å². The second-order valence-electron chi connectivity index (χ2n) is 8.41. The highest BCUT2D eigenvalue weighted by molar-refractivity contribution is 7.99. The van der Waals surface area contributed by atoms with Crippen LogP contribution in [0.15, 0.2) is 52.3 Å². The monoisotopic (exact) mass is 310 g/mol. The third-order valence-electron chi connectivity index (χ3n) is 4.48. The van der Waals surface area contributed by atoms with Gasteiger partial charge < -0.3 is 0 Å². The Labute approximate surface area is 139 Å². The van der Waals surface area contributed by atoms with Crippen LogP contribution in [0.3, 0.4) is 0 Å². The van der Waals surface area contributed by atoms with Crippen molar-refractivity contribution in [3.05, 3.63) is 59.2 Å². The van der Waals surface area contributed by atoms with Crippen LogP contribution in [-0.2, 0) is 5.41 Å². The molecule has 0 spiro atoms. The van der Waals surface area contributed by atoms with Gasteiger partial charge in [0.05, 0.1) is 0 Å². The van der Waals surface area contributed by atoms with Crippen molar-refractivity contribution < 1.29 is 0 Å². The molecule has 1 heteroatoms. The van der Waals surface area contributed by atoms with Crippen molar-refractivity contribution >= 4 is 11.8 Å². The fourth-order valence-electron chi connectivity index (χ4n) is 3.57. The number of benzene rings is 2. The average Bonchev–Trinajstić information content (AvgIpc) is 2.41. The fourth-order valence-corrected chi connectivity index (χ4v) is 4.74. The summed E-state index contributed by atoms with van der Waals surface area (Å²) in [4.78, 5) is 2.85. The Bertz CT molecular complexity index is 699. The second-order valence-corrected chi connectivity index (χ2v) is 9.49. The summed E-state index contributed by atoms with van der Waals surface area (Å²) in [5.41, 5.74) is 4.90. The van der Waals surface area contributed by atoms with Crippen molar-refractivity contribution in [2.75, 3.05) is 0 Å². The van der Waals surface area contributed by atoms with Crippen LogP contribution in [0.1, 0.15) is 64.2 Å². The highest BCUT2D eigenvalue weighted by atomic mass is 32.2. The van der Waals surface area contributed by atoms with Gasteiger partial charge in [0, 0.05) is 15.7 Å². The highest BCUT2D eigenvalue weighted by Crippen LogP contribution is 2.54. The van der Waals surface area contributed by atoms with Crippen LogP contribution in [0.2, 0.25) is 0 Å². The molecule has 1 unspecified atom stereocenters. The standard InChI is InChI=1S/C21H26S/c1-20(2,3)15-11-9-13-17-18(15)19(21(4,5)6)14-10-7-8-12-16(14)22-17/h7-13,19H,1-6H3. The van der Waals surface area contributed by atoms with Gasteiger partial charge in [0.15, 0.2) is 0 Å². The summed E-state index contributed by atoms with van der Waals surface area (Å²) in [7, 11) is 0. The van der Waals surface area contributed by atoms with E-state index in [1.165, 1.54) is 20.9 Å². The van der Waals surface area contributed by atoms with Crippen LogP contribution in [0.4, 0.5) is 0 Å². The van der Waals surface area contributed by atoms with Gasteiger partial charge >= 0.3 is 0 Å². The molecule has 0 aromatic heterocycles. The molecule has 0 aliphatic carbocycles. The first kappa shape index (κ1) is 15.7. The third-order valence-corrected chi connectivity index (χ3v) is 5.65. The topological polar surface area (TPSA) is 0 Å². The maximum absolute atomic E-state index is 2.37. The number of hydrogen-bond acceptors (Lipinski definition) is 1. The van der Waals surface area contributed by atoms with E-state index in [0.717, 1.165) is 0 Å². The van der Waals surface area contributed by atoms with Crippen LogP contribution in [0, 0.1) is 5.41 Å². The van der Waals surface area contributed by atoms with E-state index in [-0.39, 0.29) is 10.8 Å². The lowest BCUT2D eigenvalue weighted by molar-refractivity contribution is 0.346. The molecule has 0 saturated heterocycles. The molecule has 3 rings (SSSR count). The Morgan fingerprint density at radius 1 is 0.773 bits per heavy atom. The molecule has 2 aromatic rings. The van der Waals surface area contributed by atoms with E-state index in [0.29, 0.717) is 5.92 Å².